The molecule has 1 aromatic rings. The third kappa shape index (κ3) is 4.65. The highest BCUT2D eigenvalue weighted by molar-refractivity contribution is 7.99. The Morgan fingerprint density at radius 1 is 1.19 bits per heavy atom. The van der Waals surface area contributed by atoms with Gasteiger partial charge >= 0.3 is 6.18 Å². The zero-order chi connectivity index (χ0) is 15.5. The normalized spacial score (nSPS) is 24.8. The van der Waals surface area contributed by atoms with Crippen LogP contribution in [0.2, 0.25) is 0 Å². The van der Waals surface area contributed by atoms with E-state index in [0.29, 0.717) is 11.6 Å². The average molecular weight is 317 g/mol. The second-order valence-electron chi connectivity index (χ2n) is 5.72. The third-order valence-corrected chi connectivity index (χ3v) is 5.35. The van der Waals surface area contributed by atoms with E-state index < -0.39 is 11.7 Å². The van der Waals surface area contributed by atoms with Crippen LogP contribution in [0.4, 0.5) is 13.2 Å². The van der Waals surface area contributed by atoms with E-state index in [0.717, 1.165) is 24.2 Å². The summed E-state index contributed by atoms with van der Waals surface area (Å²) in [4.78, 5) is 0. The molecule has 0 bridgehead atoms. The number of nitrogens with one attached hydrogen (secondary N) is 1. The predicted octanol–water partition coefficient (Wildman–Crippen LogP) is 5.03. The van der Waals surface area contributed by atoms with Gasteiger partial charge in [-0.25, -0.2) is 0 Å². The summed E-state index contributed by atoms with van der Waals surface area (Å²) in [6.07, 6.45) is 2.46. The summed E-state index contributed by atoms with van der Waals surface area (Å²) >= 11 is 1.91. The van der Waals surface area contributed by atoms with Gasteiger partial charge in [0, 0.05) is 17.3 Å². The summed E-state index contributed by atoms with van der Waals surface area (Å²) < 4.78 is 38.2. The Kier molecular flexibility index (Phi) is 5.60. The van der Waals surface area contributed by atoms with Gasteiger partial charge in [0.2, 0.25) is 0 Å². The van der Waals surface area contributed by atoms with Crippen molar-refractivity contribution < 1.29 is 13.2 Å². The van der Waals surface area contributed by atoms with Gasteiger partial charge in [-0.1, -0.05) is 12.1 Å². The second-order valence-corrected chi connectivity index (χ2v) is 6.86. The van der Waals surface area contributed by atoms with E-state index >= 15 is 0 Å². The minimum absolute atomic E-state index is 0.0527. The first-order valence-electron chi connectivity index (χ1n) is 7.36. The monoisotopic (exact) mass is 317 g/mol. The van der Waals surface area contributed by atoms with Crippen molar-refractivity contribution in [2.45, 2.75) is 56.1 Å². The quantitative estimate of drug-likeness (QED) is 0.836. The molecule has 0 spiro atoms. The van der Waals surface area contributed by atoms with Crippen molar-refractivity contribution in [3.8, 4) is 0 Å². The fraction of sp³-hybridized carbons (Fsp3) is 0.625. The lowest BCUT2D eigenvalue weighted by molar-refractivity contribution is -0.137. The van der Waals surface area contributed by atoms with E-state index in [2.05, 4.69) is 11.6 Å². The number of benzene rings is 1. The molecular formula is C16H22F3NS. The van der Waals surface area contributed by atoms with Gasteiger partial charge in [0.15, 0.2) is 0 Å². The van der Waals surface area contributed by atoms with Gasteiger partial charge in [0.05, 0.1) is 5.56 Å². The molecule has 1 unspecified atom stereocenters. The lowest BCUT2D eigenvalue weighted by Crippen LogP contribution is -2.35. The lowest BCUT2D eigenvalue weighted by atomic mass is 9.93. The molecule has 118 valence electrons. The van der Waals surface area contributed by atoms with Gasteiger partial charge in [0.1, 0.15) is 0 Å². The van der Waals surface area contributed by atoms with Crippen molar-refractivity contribution >= 4 is 11.8 Å². The minimum atomic E-state index is -4.27. The summed E-state index contributed by atoms with van der Waals surface area (Å²) in [7, 11) is 0. The van der Waals surface area contributed by atoms with Crippen LogP contribution < -0.4 is 5.32 Å². The third-order valence-electron chi connectivity index (χ3n) is 4.21. The van der Waals surface area contributed by atoms with Crippen LogP contribution in [0.5, 0.6) is 0 Å². The Bertz CT molecular complexity index is 453. The molecule has 2 rings (SSSR count). The molecule has 0 saturated heterocycles. The molecule has 1 atom stereocenters. The van der Waals surface area contributed by atoms with Gasteiger partial charge in [-0.3, -0.25) is 0 Å². The maximum Gasteiger partial charge on any atom is 0.416 e. The molecule has 0 radical (unpaired) electrons. The van der Waals surface area contributed by atoms with Crippen molar-refractivity contribution in [2.75, 3.05) is 6.26 Å². The number of alkyl halides is 3. The molecule has 1 aliphatic rings. The molecule has 1 nitrogen and oxygen atoms in total. The van der Waals surface area contributed by atoms with Gasteiger partial charge in [-0.05, 0) is 56.6 Å². The number of hydrogen-bond donors (Lipinski definition) is 1. The number of rotatable bonds is 4. The Labute approximate surface area is 128 Å². The van der Waals surface area contributed by atoms with Gasteiger partial charge in [0.25, 0.3) is 0 Å². The maximum absolute atomic E-state index is 12.7. The molecule has 1 aliphatic carbocycles. The molecule has 1 N–H and O–H groups in total. The molecule has 1 fully saturated rings. The number of halogens is 3. The zero-order valence-electron chi connectivity index (χ0n) is 12.4. The Hall–Kier alpha value is -0.680. The number of thioether (sulfide) groups is 1. The largest absolute Gasteiger partial charge is 0.416 e. The number of hydrogen-bond acceptors (Lipinski definition) is 2. The summed E-state index contributed by atoms with van der Waals surface area (Å²) in [5.74, 6) is 0. The molecule has 0 aromatic heterocycles. The van der Waals surface area contributed by atoms with E-state index in [1.807, 2.05) is 18.7 Å². The first-order chi connectivity index (χ1) is 9.90. The van der Waals surface area contributed by atoms with Gasteiger partial charge in [-0.2, -0.15) is 24.9 Å². The Morgan fingerprint density at radius 2 is 1.86 bits per heavy atom. The van der Waals surface area contributed by atoms with Crippen molar-refractivity contribution in [3.63, 3.8) is 0 Å². The van der Waals surface area contributed by atoms with Crippen molar-refractivity contribution in [2.24, 2.45) is 0 Å². The van der Waals surface area contributed by atoms with Crippen LogP contribution in [0.1, 0.15) is 49.8 Å². The molecule has 5 heteroatoms. The van der Waals surface area contributed by atoms with Gasteiger partial charge < -0.3 is 5.32 Å². The molecule has 0 amide bonds. The molecule has 0 heterocycles. The Morgan fingerprint density at radius 3 is 2.43 bits per heavy atom. The van der Waals surface area contributed by atoms with Crippen LogP contribution >= 0.6 is 11.8 Å². The Balaban J connectivity index is 1.96. The molecular weight excluding hydrogens is 295 g/mol. The molecule has 1 aromatic carbocycles. The van der Waals surface area contributed by atoms with E-state index in [1.54, 1.807) is 6.07 Å². The SMILES string of the molecule is CSC1CCC(NC(C)c2cccc(C(F)(F)F)c2)CC1. The predicted molar refractivity (Wildman–Crippen MR) is 82.6 cm³/mol. The molecule has 21 heavy (non-hydrogen) atoms. The summed E-state index contributed by atoms with van der Waals surface area (Å²) in [5, 5.41) is 4.22. The highest BCUT2D eigenvalue weighted by Crippen LogP contribution is 2.32. The summed E-state index contributed by atoms with van der Waals surface area (Å²) in [5.41, 5.74) is 0.136. The highest BCUT2D eigenvalue weighted by Gasteiger charge is 2.31. The van der Waals surface area contributed by atoms with Crippen LogP contribution in [0.3, 0.4) is 0 Å². The maximum atomic E-state index is 12.7. The highest BCUT2D eigenvalue weighted by atomic mass is 32.2. The fourth-order valence-electron chi connectivity index (χ4n) is 2.90. The second kappa shape index (κ2) is 7.05. The van der Waals surface area contributed by atoms with E-state index in [4.69, 9.17) is 0 Å². The van der Waals surface area contributed by atoms with Crippen LogP contribution in [-0.2, 0) is 6.18 Å². The smallest absolute Gasteiger partial charge is 0.307 e. The zero-order valence-corrected chi connectivity index (χ0v) is 13.2. The first-order valence-corrected chi connectivity index (χ1v) is 8.65. The molecule has 0 aliphatic heterocycles. The van der Waals surface area contributed by atoms with Gasteiger partial charge in [-0.15, -0.1) is 0 Å². The van der Waals surface area contributed by atoms with Crippen LogP contribution in [-0.4, -0.2) is 17.5 Å². The van der Waals surface area contributed by atoms with Crippen molar-refractivity contribution in [3.05, 3.63) is 35.4 Å². The molecule has 1 saturated carbocycles. The topological polar surface area (TPSA) is 12.0 Å². The summed E-state index contributed by atoms with van der Waals surface area (Å²) in [6.45, 7) is 1.94. The lowest BCUT2D eigenvalue weighted by Gasteiger charge is -2.30. The van der Waals surface area contributed by atoms with Crippen LogP contribution in [0, 0.1) is 0 Å². The fourth-order valence-corrected chi connectivity index (χ4v) is 3.64. The van der Waals surface area contributed by atoms with E-state index in [-0.39, 0.29) is 6.04 Å². The van der Waals surface area contributed by atoms with E-state index in [9.17, 15) is 13.2 Å². The van der Waals surface area contributed by atoms with Crippen molar-refractivity contribution in [1.29, 1.82) is 0 Å². The average Bonchev–Trinajstić information content (AvgIpc) is 2.47. The van der Waals surface area contributed by atoms with Crippen LogP contribution in [0.25, 0.3) is 0 Å². The first kappa shape index (κ1) is 16.7. The minimum Gasteiger partial charge on any atom is -0.307 e. The summed E-state index contributed by atoms with van der Waals surface area (Å²) in [6, 6.07) is 5.99. The van der Waals surface area contributed by atoms with Crippen molar-refractivity contribution in [1.82, 2.24) is 5.32 Å². The van der Waals surface area contributed by atoms with E-state index in [1.165, 1.54) is 25.0 Å². The van der Waals surface area contributed by atoms with Crippen LogP contribution in [0.15, 0.2) is 24.3 Å². The standard InChI is InChI=1S/C16H22F3NS/c1-11(20-14-6-8-15(21-2)9-7-14)12-4-3-5-13(10-12)16(17,18)19/h3-5,10-11,14-15,20H,6-9H2,1-2H3.